The predicted molar refractivity (Wildman–Crippen MR) is 65.2 cm³/mol. The molecule has 1 aromatic heterocycles. The Kier molecular flexibility index (Phi) is 2.83. The number of benzene rings is 1. The SMILES string of the molecule is Cc1ccc(Br)c(-n2cccc2C(=O)O)c1. The number of halogens is 1. The van der Waals surface area contributed by atoms with Gasteiger partial charge in [-0.2, -0.15) is 0 Å². The van der Waals surface area contributed by atoms with Gasteiger partial charge in [-0.3, -0.25) is 0 Å². The fourth-order valence-corrected chi connectivity index (χ4v) is 2.01. The van der Waals surface area contributed by atoms with E-state index in [2.05, 4.69) is 15.9 Å². The molecule has 0 saturated carbocycles. The van der Waals surface area contributed by atoms with E-state index in [9.17, 15) is 4.79 Å². The summed E-state index contributed by atoms with van der Waals surface area (Å²) in [5.74, 6) is -0.932. The van der Waals surface area contributed by atoms with Crippen molar-refractivity contribution in [3.63, 3.8) is 0 Å². The molecular formula is C12H10BrNO2. The number of carboxylic acid groups (broad SMARTS) is 1. The highest BCUT2D eigenvalue weighted by atomic mass is 79.9. The molecular weight excluding hydrogens is 270 g/mol. The minimum absolute atomic E-state index is 0.256. The molecule has 3 nitrogen and oxygen atoms in total. The van der Waals surface area contributed by atoms with Crippen molar-refractivity contribution in [2.24, 2.45) is 0 Å². The number of carbonyl (C=O) groups is 1. The van der Waals surface area contributed by atoms with Gasteiger partial charge in [-0.15, -0.1) is 0 Å². The van der Waals surface area contributed by atoms with E-state index in [1.807, 2.05) is 25.1 Å². The van der Waals surface area contributed by atoms with Crippen LogP contribution in [0.4, 0.5) is 0 Å². The number of aryl methyl sites for hydroxylation is 1. The van der Waals surface area contributed by atoms with E-state index < -0.39 is 5.97 Å². The lowest BCUT2D eigenvalue weighted by molar-refractivity contribution is 0.0688. The molecule has 0 aliphatic heterocycles. The van der Waals surface area contributed by atoms with Crippen molar-refractivity contribution in [1.82, 2.24) is 4.57 Å². The fourth-order valence-electron chi connectivity index (χ4n) is 1.57. The monoisotopic (exact) mass is 279 g/mol. The van der Waals surface area contributed by atoms with Gasteiger partial charge in [0.15, 0.2) is 0 Å². The molecule has 0 atom stereocenters. The predicted octanol–water partition coefficient (Wildman–Crippen LogP) is 3.25. The van der Waals surface area contributed by atoms with Gasteiger partial charge in [-0.1, -0.05) is 6.07 Å². The van der Waals surface area contributed by atoms with Crippen LogP contribution < -0.4 is 0 Å². The summed E-state index contributed by atoms with van der Waals surface area (Å²) in [4.78, 5) is 11.0. The minimum atomic E-state index is -0.932. The highest BCUT2D eigenvalue weighted by Crippen LogP contribution is 2.24. The second kappa shape index (κ2) is 4.14. The van der Waals surface area contributed by atoms with Gasteiger partial charge >= 0.3 is 5.97 Å². The second-order valence-electron chi connectivity index (χ2n) is 3.52. The van der Waals surface area contributed by atoms with Crippen molar-refractivity contribution in [1.29, 1.82) is 0 Å². The van der Waals surface area contributed by atoms with E-state index in [0.29, 0.717) is 0 Å². The first-order chi connectivity index (χ1) is 7.59. The van der Waals surface area contributed by atoms with E-state index in [1.165, 1.54) is 0 Å². The maximum Gasteiger partial charge on any atom is 0.352 e. The van der Waals surface area contributed by atoms with Crippen LogP contribution in [0.2, 0.25) is 0 Å². The molecule has 0 radical (unpaired) electrons. The Morgan fingerprint density at radius 2 is 2.12 bits per heavy atom. The molecule has 16 heavy (non-hydrogen) atoms. The van der Waals surface area contributed by atoms with Gasteiger partial charge in [0.1, 0.15) is 5.69 Å². The Morgan fingerprint density at radius 3 is 2.81 bits per heavy atom. The lowest BCUT2D eigenvalue weighted by Gasteiger charge is -2.09. The van der Waals surface area contributed by atoms with Gasteiger partial charge in [0.2, 0.25) is 0 Å². The molecule has 0 aliphatic carbocycles. The Bertz CT molecular complexity index is 546. The van der Waals surface area contributed by atoms with Crippen molar-refractivity contribution < 1.29 is 9.90 Å². The maximum atomic E-state index is 11.0. The number of carboxylic acids is 1. The lowest BCUT2D eigenvalue weighted by atomic mass is 10.2. The second-order valence-corrected chi connectivity index (χ2v) is 4.38. The van der Waals surface area contributed by atoms with E-state index in [4.69, 9.17) is 5.11 Å². The lowest BCUT2D eigenvalue weighted by Crippen LogP contribution is -2.06. The topological polar surface area (TPSA) is 42.2 Å². The Hall–Kier alpha value is -1.55. The summed E-state index contributed by atoms with van der Waals surface area (Å²) in [5.41, 5.74) is 2.18. The quantitative estimate of drug-likeness (QED) is 0.917. The van der Waals surface area contributed by atoms with Crippen molar-refractivity contribution in [3.8, 4) is 5.69 Å². The van der Waals surface area contributed by atoms with E-state index >= 15 is 0 Å². The zero-order chi connectivity index (χ0) is 11.7. The first-order valence-electron chi connectivity index (χ1n) is 4.77. The molecule has 82 valence electrons. The number of aromatic carboxylic acids is 1. The normalized spacial score (nSPS) is 10.4. The summed E-state index contributed by atoms with van der Waals surface area (Å²) >= 11 is 3.42. The summed E-state index contributed by atoms with van der Waals surface area (Å²) in [6.45, 7) is 1.97. The van der Waals surface area contributed by atoms with E-state index in [0.717, 1.165) is 15.7 Å². The highest BCUT2D eigenvalue weighted by Gasteiger charge is 2.12. The first kappa shape index (κ1) is 11.0. The minimum Gasteiger partial charge on any atom is -0.477 e. The van der Waals surface area contributed by atoms with Gasteiger partial charge in [0.05, 0.1) is 5.69 Å². The van der Waals surface area contributed by atoms with Crippen LogP contribution in [0.3, 0.4) is 0 Å². The molecule has 0 spiro atoms. The molecule has 0 unspecified atom stereocenters. The zero-order valence-corrected chi connectivity index (χ0v) is 10.2. The number of nitrogens with zero attached hydrogens (tertiary/aromatic N) is 1. The van der Waals surface area contributed by atoms with Gasteiger partial charge < -0.3 is 9.67 Å². The maximum absolute atomic E-state index is 11.0. The van der Waals surface area contributed by atoms with Gasteiger partial charge in [0.25, 0.3) is 0 Å². The van der Waals surface area contributed by atoms with Crippen molar-refractivity contribution in [2.45, 2.75) is 6.92 Å². The van der Waals surface area contributed by atoms with Gasteiger partial charge in [-0.05, 0) is 52.7 Å². The number of hydrogen-bond acceptors (Lipinski definition) is 1. The highest BCUT2D eigenvalue weighted by molar-refractivity contribution is 9.10. The summed E-state index contributed by atoms with van der Waals surface area (Å²) in [6, 6.07) is 9.12. The summed E-state index contributed by atoms with van der Waals surface area (Å²) in [5, 5.41) is 9.04. The number of aromatic nitrogens is 1. The van der Waals surface area contributed by atoms with Crippen LogP contribution in [0, 0.1) is 6.92 Å². The third-order valence-electron chi connectivity index (χ3n) is 2.33. The third kappa shape index (κ3) is 1.88. The molecule has 0 saturated heterocycles. The molecule has 1 aromatic carbocycles. The van der Waals surface area contributed by atoms with Crippen LogP contribution in [-0.2, 0) is 0 Å². The van der Waals surface area contributed by atoms with Crippen LogP contribution in [0.1, 0.15) is 16.1 Å². The number of hydrogen-bond donors (Lipinski definition) is 1. The average Bonchev–Trinajstić information content (AvgIpc) is 2.70. The molecule has 2 rings (SSSR count). The summed E-state index contributed by atoms with van der Waals surface area (Å²) in [6.07, 6.45) is 1.74. The average molecular weight is 280 g/mol. The smallest absolute Gasteiger partial charge is 0.352 e. The Balaban J connectivity index is 2.62. The molecule has 2 aromatic rings. The van der Waals surface area contributed by atoms with Gasteiger partial charge in [0, 0.05) is 10.7 Å². The fraction of sp³-hybridized carbons (Fsp3) is 0.0833. The molecule has 1 N–H and O–H groups in total. The van der Waals surface area contributed by atoms with Crippen LogP contribution in [0.25, 0.3) is 5.69 Å². The molecule has 0 bridgehead atoms. The molecule has 0 fully saturated rings. The Morgan fingerprint density at radius 1 is 1.38 bits per heavy atom. The molecule has 0 amide bonds. The molecule has 0 aliphatic rings. The first-order valence-corrected chi connectivity index (χ1v) is 5.56. The Labute approximate surface area is 101 Å². The number of rotatable bonds is 2. The summed E-state index contributed by atoms with van der Waals surface area (Å²) < 4.78 is 2.52. The van der Waals surface area contributed by atoms with E-state index in [1.54, 1.807) is 22.9 Å². The van der Waals surface area contributed by atoms with Crippen molar-refractivity contribution >= 4 is 21.9 Å². The van der Waals surface area contributed by atoms with Crippen LogP contribution in [0.15, 0.2) is 41.0 Å². The summed E-state index contributed by atoms with van der Waals surface area (Å²) in [7, 11) is 0. The van der Waals surface area contributed by atoms with Crippen LogP contribution in [0.5, 0.6) is 0 Å². The van der Waals surface area contributed by atoms with Gasteiger partial charge in [-0.25, -0.2) is 4.79 Å². The largest absolute Gasteiger partial charge is 0.477 e. The van der Waals surface area contributed by atoms with E-state index in [-0.39, 0.29) is 5.69 Å². The zero-order valence-electron chi connectivity index (χ0n) is 8.64. The molecule has 1 heterocycles. The van der Waals surface area contributed by atoms with Crippen molar-refractivity contribution in [2.75, 3.05) is 0 Å². The standard InChI is InChI=1S/C12H10BrNO2/c1-8-4-5-9(13)11(7-8)14-6-2-3-10(14)12(15)16/h2-7H,1H3,(H,15,16). The third-order valence-corrected chi connectivity index (χ3v) is 3.00. The van der Waals surface area contributed by atoms with Crippen LogP contribution >= 0.6 is 15.9 Å². The molecule has 4 heteroatoms. The van der Waals surface area contributed by atoms with Crippen molar-refractivity contribution in [3.05, 3.63) is 52.3 Å². The van der Waals surface area contributed by atoms with Crippen LogP contribution in [-0.4, -0.2) is 15.6 Å².